The van der Waals surface area contributed by atoms with Gasteiger partial charge in [0.2, 0.25) is 5.43 Å². The van der Waals surface area contributed by atoms with Crippen LogP contribution in [0.15, 0.2) is 11.0 Å². The predicted molar refractivity (Wildman–Crippen MR) is 69.3 cm³/mol. The smallest absolute Gasteiger partial charge is 0.341 e. The van der Waals surface area contributed by atoms with Crippen molar-refractivity contribution in [1.29, 1.82) is 0 Å². The molecular weight excluding hydrogens is 280 g/mol. The average molecular weight is 294 g/mol. The van der Waals surface area contributed by atoms with Gasteiger partial charge in [-0.2, -0.15) is 0 Å². The van der Waals surface area contributed by atoms with Crippen LogP contribution in [-0.4, -0.2) is 50.9 Å². The van der Waals surface area contributed by atoms with Crippen LogP contribution in [0.25, 0.3) is 0 Å². The van der Waals surface area contributed by atoms with Crippen LogP contribution < -0.4 is 5.43 Å². The lowest BCUT2D eigenvalue weighted by atomic mass is 10.1. The zero-order valence-corrected chi connectivity index (χ0v) is 11.1. The number of fused-ring (bicyclic) bond motifs is 2. The summed E-state index contributed by atoms with van der Waals surface area (Å²) in [6, 6.07) is 0. The van der Waals surface area contributed by atoms with Crippen LogP contribution in [0.5, 0.6) is 5.75 Å². The van der Waals surface area contributed by atoms with Crippen molar-refractivity contribution in [2.45, 2.75) is 25.6 Å². The van der Waals surface area contributed by atoms with Crippen LogP contribution >= 0.6 is 0 Å². The maximum absolute atomic E-state index is 12.4. The first kappa shape index (κ1) is 13.6. The van der Waals surface area contributed by atoms with Gasteiger partial charge in [0.1, 0.15) is 5.56 Å². The molecule has 0 spiro atoms. The molecule has 1 aromatic rings. The third-order valence-corrected chi connectivity index (χ3v) is 3.75. The van der Waals surface area contributed by atoms with Gasteiger partial charge in [0, 0.05) is 19.3 Å². The Bertz CT molecular complexity index is 680. The number of aromatic hydroxyl groups is 1. The Morgan fingerprint density at radius 1 is 1.33 bits per heavy atom. The van der Waals surface area contributed by atoms with E-state index in [0.29, 0.717) is 13.2 Å². The number of carbonyl (C=O) groups excluding carboxylic acids is 1. The van der Waals surface area contributed by atoms with E-state index in [1.807, 2.05) is 0 Å². The van der Waals surface area contributed by atoms with Crippen molar-refractivity contribution >= 4 is 11.9 Å². The number of amides is 1. The molecule has 2 aliphatic rings. The largest absolute Gasteiger partial charge is 0.503 e. The number of pyridine rings is 1. The molecule has 0 aromatic carbocycles. The Morgan fingerprint density at radius 2 is 2.10 bits per heavy atom. The second-order valence-corrected chi connectivity index (χ2v) is 5.06. The fraction of sp³-hybridized carbons (Fsp3) is 0.462. The van der Waals surface area contributed by atoms with Gasteiger partial charge in [-0.1, -0.05) is 0 Å². The number of carboxylic acids is 1. The van der Waals surface area contributed by atoms with Crippen LogP contribution in [-0.2, 0) is 11.3 Å². The van der Waals surface area contributed by atoms with Crippen molar-refractivity contribution in [3.05, 3.63) is 27.7 Å². The van der Waals surface area contributed by atoms with Crippen molar-refractivity contribution in [3.63, 3.8) is 0 Å². The minimum Gasteiger partial charge on any atom is -0.503 e. The third kappa shape index (κ3) is 2.07. The van der Waals surface area contributed by atoms with E-state index in [9.17, 15) is 19.5 Å². The molecule has 1 aromatic heterocycles. The van der Waals surface area contributed by atoms with E-state index in [0.717, 1.165) is 19.0 Å². The maximum atomic E-state index is 12.4. The number of carbonyl (C=O) groups is 2. The minimum atomic E-state index is -1.44. The number of aromatic nitrogens is 1. The van der Waals surface area contributed by atoms with Crippen LogP contribution in [0, 0.1) is 0 Å². The fourth-order valence-electron chi connectivity index (χ4n) is 2.70. The molecule has 2 aliphatic heterocycles. The molecule has 1 saturated heterocycles. The lowest BCUT2D eigenvalue weighted by Crippen LogP contribution is -2.49. The highest BCUT2D eigenvalue weighted by Gasteiger charge is 2.37. The zero-order valence-electron chi connectivity index (χ0n) is 11.1. The molecule has 112 valence electrons. The number of rotatable bonds is 1. The van der Waals surface area contributed by atoms with E-state index in [-0.39, 0.29) is 12.2 Å². The summed E-state index contributed by atoms with van der Waals surface area (Å²) >= 11 is 0. The number of aromatic carboxylic acids is 1. The first-order chi connectivity index (χ1) is 10.0. The lowest BCUT2D eigenvalue weighted by Gasteiger charge is -2.35. The number of carboxylic acid groups (broad SMARTS) is 1. The normalized spacial score (nSPS) is 21.4. The number of hydrogen-bond donors (Lipinski definition) is 2. The van der Waals surface area contributed by atoms with Crippen molar-refractivity contribution in [3.8, 4) is 5.75 Å². The van der Waals surface area contributed by atoms with Gasteiger partial charge in [-0.15, -0.1) is 0 Å². The number of nitrogens with zero attached hydrogens (tertiary/aromatic N) is 2. The minimum absolute atomic E-state index is 0.174. The summed E-state index contributed by atoms with van der Waals surface area (Å²) < 4.78 is 6.87. The molecule has 1 atom stereocenters. The van der Waals surface area contributed by atoms with Gasteiger partial charge in [0.25, 0.3) is 5.91 Å². The molecule has 1 unspecified atom stereocenters. The SMILES string of the molecule is O=C(O)c1cn2c(c(O)c1=O)C(=O)N1CCCCOC1C2. The van der Waals surface area contributed by atoms with E-state index >= 15 is 0 Å². The van der Waals surface area contributed by atoms with Crippen molar-refractivity contribution < 1.29 is 24.5 Å². The second-order valence-electron chi connectivity index (χ2n) is 5.06. The molecule has 3 heterocycles. The van der Waals surface area contributed by atoms with Crippen LogP contribution in [0.1, 0.15) is 33.7 Å². The van der Waals surface area contributed by atoms with Crippen LogP contribution in [0.4, 0.5) is 0 Å². The average Bonchev–Trinajstić information content (AvgIpc) is 2.67. The summed E-state index contributed by atoms with van der Waals surface area (Å²) in [5, 5.41) is 18.9. The summed E-state index contributed by atoms with van der Waals surface area (Å²) in [6.45, 7) is 1.19. The highest BCUT2D eigenvalue weighted by Crippen LogP contribution is 2.26. The molecule has 0 saturated carbocycles. The fourth-order valence-corrected chi connectivity index (χ4v) is 2.70. The molecule has 0 radical (unpaired) electrons. The number of hydrogen-bond acceptors (Lipinski definition) is 5. The van der Waals surface area contributed by atoms with E-state index in [1.165, 1.54) is 9.47 Å². The molecule has 3 rings (SSSR count). The molecule has 1 amide bonds. The van der Waals surface area contributed by atoms with Gasteiger partial charge >= 0.3 is 5.97 Å². The topological polar surface area (TPSA) is 109 Å². The Morgan fingerprint density at radius 3 is 2.81 bits per heavy atom. The van der Waals surface area contributed by atoms with Crippen LogP contribution in [0.2, 0.25) is 0 Å². The molecule has 1 fully saturated rings. The van der Waals surface area contributed by atoms with Gasteiger partial charge in [-0.3, -0.25) is 9.59 Å². The molecule has 0 bridgehead atoms. The van der Waals surface area contributed by atoms with Gasteiger partial charge in [-0.05, 0) is 12.8 Å². The maximum Gasteiger partial charge on any atom is 0.341 e. The Kier molecular flexibility index (Phi) is 3.17. The van der Waals surface area contributed by atoms with Gasteiger partial charge in [0.15, 0.2) is 17.7 Å². The van der Waals surface area contributed by atoms with Gasteiger partial charge < -0.3 is 24.4 Å². The summed E-state index contributed by atoms with van der Waals surface area (Å²) in [6.07, 6.45) is 2.18. The summed E-state index contributed by atoms with van der Waals surface area (Å²) in [5.41, 5.74) is -1.78. The Labute approximate surface area is 119 Å². The molecule has 8 heteroatoms. The summed E-state index contributed by atoms with van der Waals surface area (Å²) in [5.74, 6) is -2.77. The zero-order chi connectivity index (χ0) is 15.1. The molecule has 21 heavy (non-hydrogen) atoms. The van der Waals surface area contributed by atoms with Gasteiger partial charge in [0.05, 0.1) is 6.54 Å². The van der Waals surface area contributed by atoms with Gasteiger partial charge in [-0.25, -0.2) is 4.79 Å². The third-order valence-electron chi connectivity index (χ3n) is 3.75. The van der Waals surface area contributed by atoms with E-state index < -0.39 is 34.8 Å². The van der Waals surface area contributed by atoms with Crippen LogP contribution in [0.3, 0.4) is 0 Å². The molecule has 8 nitrogen and oxygen atoms in total. The van der Waals surface area contributed by atoms with E-state index in [4.69, 9.17) is 9.84 Å². The molecular formula is C13H14N2O6. The van der Waals surface area contributed by atoms with Crippen molar-refractivity contribution in [1.82, 2.24) is 9.47 Å². The molecule has 0 aliphatic carbocycles. The monoisotopic (exact) mass is 294 g/mol. The van der Waals surface area contributed by atoms with Crippen molar-refractivity contribution in [2.24, 2.45) is 0 Å². The van der Waals surface area contributed by atoms with Crippen molar-refractivity contribution in [2.75, 3.05) is 13.2 Å². The quantitative estimate of drug-likeness (QED) is 0.745. The highest BCUT2D eigenvalue weighted by molar-refractivity contribution is 5.97. The first-order valence-electron chi connectivity index (χ1n) is 6.63. The molecule has 2 N–H and O–H groups in total. The standard InChI is InChI=1S/C13H14N2O6/c16-10-7(13(19)20)5-14-6-8-15(3-1-2-4-21-8)12(18)9(14)11(10)17/h5,8,17H,1-4,6H2,(H,19,20). The lowest BCUT2D eigenvalue weighted by molar-refractivity contribution is -0.0488. The summed E-state index contributed by atoms with van der Waals surface area (Å²) in [7, 11) is 0. The highest BCUT2D eigenvalue weighted by atomic mass is 16.5. The second kappa shape index (κ2) is 4.88. The van der Waals surface area contributed by atoms with E-state index in [2.05, 4.69) is 0 Å². The van der Waals surface area contributed by atoms with E-state index in [1.54, 1.807) is 0 Å². The summed E-state index contributed by atoms with van der Waals surface area (Å²) in [4.78, 5) is 36.7. The Balaban J connectivity index is 2.15. The predicted octanol–water partition coefficient (Wildman–Crippen LogP) is -0.156. The Hall–Kier alpha value is -2.35. The number of ether oxygens (including phenoxy) is 1. The first-order valence-corrected chi connectivity index (χ1v) is 6.63.